The van der Waals surface area contributed by atoms with Crippen LogP contribution < -0.4 is 10.6 Å². The van der Waals surface area contributed by atoms with Gasteiger partial charge in [-0.15, -0.1) is 0 Å². The first-order valence-corrected chi connectivity index (χ1v) is 8.32. The summed E-state index contributed by atoms with van der Waals surface area (Å²) in [6, 6.07) is 5.97. The van der Waals surface area contributed by atoms with Gasteiger partial charge in [0.2, 0.25) is 11.8 Å². The van der Waals surface area contributed by atoms with Crippen molar-refractivity contribution in [3.63, 3.8) is 0 Å². The molecule has 0 radical (unpaired) electrons. The molecule has 23 heavy (non-hydrogen) atoms. The first kappa shape index (κ1) is 16.0. The summed E-state index contributed by atoms with van der Waals surface area (Å²) in [4.78, 5) is 24.4. The number of nitrogens with one attached hydrogen (secondary N) is 2. The summed E-state index contributed by atoms with van der Waals surface area (Å²) in [6.07, 6.45) is 2.83. The van der Waals surface area contributed by atoms with E-state index in [9.17, 15) is 9.59 Å². The minimum atomic E-state index is -0.209. The molecule has 1 aliphatic heterocycles. The van der Waals surface area contributed by atoms with E-state index in [1.807, 2.05) is 32.0 Å². The lowest BCUT2D eigenvalue weighted by Crippen LogP contribution is -2.33. The molecule has 3 unspecified atom stereocenters. The molecule has 1 aromatic rings. The van der Waals surface area contributed by atoms with Crippen molar-refractivity contribution in [1.82, 2.24) is 5.32 Å². The molecule has 1 aromatic carbocycles. The number of anilines is 1. The van der Waals surface area contributed by atoms with Crippen LogP contribution in [0.5, 0.6) is 0 Å². The highest BCUT2D eigenvalue weighted by molar-refractivity contribution is 5.99. The van der Waals surface area contributed by atoms with Gasteiger partial charge in [0, 0.05) is 18.8 Å². The summed E-state index contributed by atoms with van der Waals surface area (Å²) in [5.74, 6) is -0.487. The number of ether oxygens (including phenoxy) is 1. The van der Waals surface area contributed by atoms with Crippen LogP contribution in [0.15, 0.2) is 18.2 Å². The fraction of sp³-hybridized carbons (Fsp3) is 0.556. The maximum Gasteiger partial charge on any atom is 0.228 e. The summed E-state index contributed by atoms with van der Waals surface area (Å²) in [6.45, 7) is 5.30. The average Bonchev–Trinajstić information content (AvgIpc) is 3.17. The lowest BCUT2D eigenvalue weighted by atomic mass is 10.1. The fourth-order valence-electron chi connectivity index (χ4n) is 3.02. The SMILES string of the molecule is Cc1ccc(C)c(NC(=O)C2CC2C(=O)NCC2CCCO2)c1. The molecule has 5 heteroatoms. The van der Waals surface area contributed by atoms with Gasteiger partial charge in [-0.2, -0.15) is 0 Å². The van der Waals surface area contributed by atoms with Crippen LogP contribution in [-0.2, 0) is 14.3 Å². The highest BCUT2D eigenvalue weighted by Gasteiger charge is 2.48. The van der Waals surface area contributed by atoms with Gasteiger partial charge in [-0.3, -0.25) is 9.59 Å². The first-order chi connectivity index (χ1) is 11.0. The quantitative estimate of drug-likeness (QED) is 0.875. The molecule has 2 aliphatic rings. The third-order valence-electron chi connectivity index (χ3n) is 4.64. The summed E-state index contributed by atoms with van der Waals surface area (Å²) in [5, 5.41) is 5.86. The van der Waals surface area contributed by atoms with Crippen LogP contribution in [0.3, 0.4) is 0 Å². The van der Waals surface area contributed by atoms with E-state index in [0.29, 0.717) is 13.0 Å². The Hall–Kier alpha value is -1.88. The van der Waals surface area contributed by atoms with Crippen molar-refractivity contribution < 1.29 is 14.3 Å². The van der Waals surface area contributed by atoms with Gasteiger partial charge in [0.15, 0.2) is 0 Å². The van der Waals surface area contributed by atoms with E-state index in [-0.39, 0.29) is 29.8 Å². The second-order valence-corrected chi connectivity index (χ2v) is 6.64. The van der Waals surface area contributed by atoms with E-state index >= 15 is 0 Å². The van der Waals surface area contributed by atoms with Crippen molar-refractivity contribution in [3.8, 4) is 0 Å². The summed E-state index contributed by atoms with van der Waals surface area (Å²) >= 11 is 0. The molecule has 124 valence electrons. The Labute approximate surface area is 136 Å². The minimum absolute atomic E-state index is 0.0263. The molecule has 0 bridgehead atoms. The van der Waals surface area contributed by atoms with Crippen LogP contribution in [0.4, 0.5) is 5.69 Å². The van der Waals surface area contributed by atoms with Crippen molar-refractivity contribution in [2.24, 2.45) is 11.8 Å². The number of amides is 2. The molecule has 0 aromatic heterocycles. The topological polar surface area (TPSA) is 67.4 Å². The smallest absolute Gasteiger partial charge is 0.228 e. The van der Waals surface area contributed by atoms with Crippen LogP contribution in [-0.4, -0.2) is 31.1 Å². The van der Waals surface area contributed by atoms with Crippen molar-refractivity contribution in [3.05, 3.63) is 29.3 Å². The van der Waals surface area contributed by atoms with E-state index in [0.717, 1.165) is 36.3 Å². The Balaban J connectivity index is 1.48. The molecular formula is C18H24N2O3. The van der Waals surface area contributed by atoms with Crippen LogP contribution in [0, 0.1) is 25.7 Å². The number of aryl methyl sites for hydroxylation is 2. The molecule has 1 aliphatic carbocycles. The molecule has 3 atom stereocenters. The minimum Gasteiger partial charge on any atom is -0.376 e. The number of benzene rings is 1. The number of carbonyl (C=O) groups is 2. The molecular weight excluding hydrogens is 292 g/mol. The molecule has 2 fully saturated rings. The van der Waals surface area contributed by atoms with Gasteiger partial charge in [-0.1, -0.05) is 12.1 Å². The lowest BCUT2D eigenvalue weighted by molar-refractivity contribution is -0.125. The molecule has 1 saturated heterocycles. The van der Waals surface area contributed by atoms with Crippen LogP contribution in [0.1, 0.15) is 30.4 Å². The number of hydrogen-bond donors (Lipinski definition) is 2. The molecule has 3 rings (SSSR count). The Bertz CT molecular complexity index is 608. The molecule has 2 N–H and O–H groups in total. The summed E-state index contributed by atoms with van der Waals surface area (Å²) in [5.41, 5.74) is 2.97. The highest BCUT2D eigenvalue weighted by atomic mass is 16.5. The van der Waals surface area contributed by atoms with Crippen LogP contribution in [0.2, 0.25) is 0 Å². The normalized spacial score (nSPS) is 25.9. The summed E-state index contributed by atoms with van der Waals surface area (Å²) < 4.78 is 5.49. The third-order valence-corrected chi connectivity index (χ3v) is 4.64. The zero-order chi connectivity index (χ0) is 16.4. The first-order valence-electron chi connectivity index (χ1n) is 8.32. The second-order valence-electron chi connectivity index (χ2n) is 6.64. The molecule has 1 saturated carbocycles. The fourth-order valence-corrected chi connectivity index (χ4v) is 3.02. The van der Waals surface area contributed by atoms with Crippen molar-refractivity contribution in [1.29, 1.82) is 0 Å². The second kappa shape index (κ2) is 6.71. The van der Waals surface area contributed by atoms with E-state index in [1.54, 1.807) is 0 Å². The standard InChI is InChI=1S/C18H24N2O3/c1-11-5-6-12(2)16(8-11)20-18(22)15-9-14(15)17(21)19-10-13-4-3-7-23-13/h5-6,8,13-15H,3-4,7,9-10H2,1-2H3,(H,19,21)(H,20,22). The lowest BCUT2D eigenvalue weighted by Gasteiger charge is -2.11. The van der Waals surface area contributed by atoms with E-state index < -0.39 is 0 Å². The van der Waals surface area contributed by atoms with Crippen LogP contribution in [0.25, 0.3) is 0 Å². The summed E-state index contributed by atoms with van der Waals surface area (Å²) in [7, 11) is 0. The van der Waals surface area contributed by atoms with Crippen molar-refractivity contribution in [2.45, 2.75) is 39.2 Å². The van der Waals surface area contributed by atoms with E-state index in [1.165, 1.54) is 0 Å². The number of carbonyl (C=O) groups excluding carboxylic acids is 2. The predicted molar refractivity (Wildman–Crippen MR) is 88.1 cm³/mol. The van der Waals surface area contributed by atoms with Gasteiger partial charge >= 0.3 is 0 Å². The van der Waals surface area contributed by atoms with E-state index in [4.69, 9.17) is 4.74 Å². The maximum atomic E-state index is 12.3. The highest BCUT2D eigenvalue weighted by Crippen LogP contribution is 2.39. The number of hydrogen-bond acceptors (Lipinski definition) is 3. The zero-order valence-corrected chi connectivity index (χ0v) is 13.7. The molecule has 5 nitrogen and oxygen atoms in total. The Morgan fingerprint density at radius 2 is 2.00 bits per heavy atom. The maximum absolute atomic E-state index is 12.3. The van der Waals surface area contributed by atoms with Gasteiger partial charge in [-0.05, 0) is 50.3 Å². The predicted octanol–water partition coefficient (Wildman–Crippen LogP) is 2.17. The van der Waals surface area contributed by atoms with Crippen LogP contribution >= 0.6 is 0 Å². The monoisotopic (exact) mass is 316 g/mol. The zero-order valence-electron chi connectivity index (χ0n) is 13.7. The van der Waals surface area contributed by atoms with Gasteiger partial charge < -0.3 is 15.4 Å². The Kier molecular flexibility index (Phi) is 4.66. The Morgan fingerprint density at radius 1 is 1.22 bits per heavy atom. The largest absolute Gasteiger partial charge is 0.376 e. The number of rotatable bonds is 5. The van der Waals surface area contributed by atoms with E-state index in [2.05, 4.69) is 10.6 Å². The third kappa shape index (κ3) is 3.91. The average molecular weight is 316 g/mol. The van der Waals surface area contributed by atoms with Crippen molar-refractivity contribution in [2.75, 3.05) is 18.5 Å². The molecule has 0 spiro atoms. The van der Waals surface area contributed by atoms with Gasteiger partial charge in [0.25, 0.3) is 0 Å². The Morgan fingerprint density at radius 3 is 2.74 bits per heavy atom. The molecule has 2 amide bonds. The van der Waals surface area contributed by atoms with Crippen molar-refractivity contribution >= 4 is 17.5 Å². The van der Waals surface area contributed by atoms with Gasteiger partial charge in [-0.25, -0.2) is 0 Å². The molecule has 1 heterocycles. The van der Waals surface area contributed by atoms with Gasteiger partial charge in [0.05, 0.1) is 17.9 Å². The van der Waals surface area contributed by atoms with Gasteiger partial charge in [0.1, 0.15) is 0 Å².